The van der Waals surface area contributed by atoms with Gasteiger partial charge in [0.2, 0.25) is 5.79 Å². The summed E-state index contributed by atoms with van der Waals surface area (Å²) in [7, 11) is 3.00. The summed E-state index contributed by atoms with van der Waals surface area (Å²) in [5.41, 5.74) is 2.48. The van der Waals surface area contributed by atoms with Gasteiger partial charge >= 0.3 is 12.2 Å². The van der Waals surface area contributed by atoms with Crippen LogP contribution in [0.5, 0.6) is 11.5 Å². The zero-order chi connectivity index (χ0) is 34.0. The molecule has 12 nitrogen and oxygen atoms in total. The lowest BCUT2D eigenvalue weighted by Crippen LogP contribution is -2.69. The van der Waals surface area contributed by atoms with E-state index in [-0.39, 0.29) is 44.0 Å². The van der Waals surface area contributed by atoms with Crippen molar-refractivity contribution in [2.75, 3.05) is 47.1 Å². The summed E-state index contributed by atoms with van der Waals surface area (Å²) in [5, 5.41) is 26.6. The first-order valence-electron chi connectivity index (χ1n) is 16.8. The maximum Gasteiger partial charge on any atom is 0.412 e. The first-order valence-corrected chi connectivity index (χ1v) is 16.8. The largest absolute Gasteiger partial charge is 0.459 e. The summed E-state index contributed by atoms with van der Waals surface area (Å²) >= 11 is 0. The van der Waals surface area contributed by atoms with Crippen LogP contribution in [0, 0.1) is 17.8 Å². The fraction of sp³-hybridized carbons (Fsp3) is 0.629. The van der Waals surface area contributed by atoms with Gasteiger partial charge in [-0.05, 0) is 75.1 Å². The Labute approximate surface area is 277 Å². The Morgan fingerprint density at radius 2 is 1.91 bits per heavy atom. The molecule has 12 heteroatoms. The minimum atomic E-state index is -1.36. The van der Waals surface area contributed by atoms with Crippen LogP contribution in [0.3, 0.4) is 0 Å². The van der Waals surface area contributed by atoms with Crippen LogP contribution in [0.1, 0.15) is 70.3 Å². The molecule has 0 aromatic heterocycles. The number of aliphatic hydroxyl groups excluding tert-OH is 2. The second-order valence-corrected chi connectivity index (χ2v) is 12.2. The number of carbonyl (C=O) groups is 2. The molecular formula is C35H51N3O9. The second-order valence-electron chi connectivity index (χ2n) is 12.2. The van der Waals surface area contributed by atoms with Gasteiger partial charge in [0, 0.05) is 44.7 Å². The highest BCUT2D eigenvalue weighted by Gasteiger charge is 2.65. The van der Waals surface area contributed by atoms with Crippen molar-refractivity contribution in [2.45, 2.75) is 76.5 Å². The van der Waals surface area contributed by atoms with Crippen molar-refractivity contribution >= 4 is 17.9 Å². The second kappa shape index (κ2) is 17.0. The van der Waals surface area contributed by atoms with E-state index in [0.29, 0.717) is 43.2 Å². The van der Waals surface area contributed by atoms with Crippen LogP contribution in [-0.4, -0.2) is 92.0 Å². The van der Waals surface area contributed by atoms with Crippen LogP contribution in [0.2, 0.25) is 0 Å². The van der Waals surface area contributed by atoms with E-state index in [1.54, 1.807) is 25.3 Å². The number of oxime groups is 1. The Bertz CT molecular complexity index is 1300. The highest BCUT2D eigenvalue weighted by Crippen LogP contribution is 2.61. The molecular weight excluding hydrogens is 606 g/mol. The lowest BCUT2D eigenvalue weighted by atomic mass is 9.55. The molecule has 0 bridgehead atoms. The Morgan fingerprint density at radius 1 is 1.17 bits per heavy atom. The number of allylic oxidation sites excluding steroid dienone is 1. The summed E-state index contributed by atoms with van der Waals surface area (Å²) in [4.78, 5) is 32.8. The molecule has 3 aliphatic rings. The minimum Gasteiger partial charge on any atom is -0.459 e. The molecule has 1 fully saturated rings. The number of nitrogens with one attached hydrogen (secondary N) is 1. The molecule has 0 spiro atoms. The van der Waals surface area contributed by atoms with Crippen molar-refractivity contribution in [3.05, 3.63) is 48.1 Å². The van der Waals surface area contributed by atoms with Crippen LogP contribution < -0.4 is 14.8 Å². The number of aliphatic hydroxyl groups is 2. The average molecular weight is 658 g/mol. The zero-order valence-corrected chi connectivity index (χ0v) is 28.1. The fourth-order valence-corrected chi connectivity index (χ4v) is 7.49. The van der Waals surface area contributed by atoms with E-state index in [9.17, 15) is 19.8 Å². The van der Waals surface area contributed by atoms with E-state index in [0.717, 1.165) is 36.8 Å². The smallest absolute Gasteiger partial charge is 0.412 e. The summed E-state index contributed by atoms with van der Waals surface area (Å²) in [6.45, 7) is 8.73. The molecule has 3 N–H and O–H groups in total. The number of hydrogen-bond acceptors (Lipinski definition) is 10. The van der Waals surface area contributed by atoms with Gasteiger partial charge in [0.25, 0.3) is 0 Å². The molecule has 1 heterocycles. The summed E-state index contributed by atoms with van der Waals surface area (Å²) in [5.74, 6) is -0.948. The molecule has 1 aromatic carbocycles. The van der Waals surface area contributed by atoms with Gasteiger partial charge in [-0.2, -0.15) is 0 Å². The van der Waals surface area contributed by atoms with Gasteiger partial charge < -0.3 is 44.2 Å². The van der Waals surface area contributed by atoms with E-state index in [4.69, 9.17) is 23.8 Å². The van der Waals surface area contributed by atoms with E-state index >= 15 is 0 Å². The average Bonchev–Trinajstić information content (AvgIpc) is 3.07. The van der Waals surface area contributed by atoms with Crippen molar-refractivity contribution in [3.63, 3.8) is 0 Å². The maximum absolute atomic E-state index is 13.1. The fourth-order valence-electron chi connectivity index (χ4n) is 7.49. The van der Waals surface area contributed by atoms with Crippen LogP contribution in [0.4, 0.5) is 9.59 Å². The number of ether oxygens (including phenoxy) is 4. The Morgan fingerprint density at radius 3 is 2.57 bits per heavy atom. The highest BCUT2D eigenvalue weighted by molar-refractivity contribution is 6.02. The number of carbonyl (C=O) groups excluding carboxylic acids is 2. The van der Waals surface area contributed by atoms with Gasteiger partial charge in [-0.1, -0.05) is 30.1 Å². The molecule has 260 valence electrons. The van der Waals surface area contributed by atoms with Crippen molar-refractivity contribution in [3.8, 4) is 11.5 Å². The lowest BCUT2D eigenvalue weighted by molar-refractivity contribution is -0.253. The number of likely N-dealkylation sites (N-methyl/N-ethyl adjacent to an activating group) is 1. The molecule has 0 saturated heterocycles. The number of benzene rings is 1. The quantitative estimate of drug-likeness (QED) is 0.125. The van der Waals surface area contributed by atoms with Gasteiger partial charge in [0.15, 0.2) is 0 Å². The van der Waals surface area contributed by atoms with Crippen molar-refractivity contribution < 1.29 is 43.6 Å². The van der Waals surface area contributed by atoms with E-state index in [2.05, 4.69) is 23.1 Å². The Hall–Kier alpha value is -3.61. The third-order valence-corrected chi connectivity index (χ3v) is 9.41. The van der Waals surface area contributed by atoms with Gasteiger partial charge in [-0.25, -0.2) is 9.59 Å². The third-order valence-electron chi connectivity index (χ3n) is 9.41. The number of amides is 2. The molecule has 2 aliphatic carbocycles. The van der Waals surface area contributed by atoms with Gasteiger partial charge in [0.1, 0.15) is 24.1 Å². The number of fused-ring (bicyclic) bond motifs is 2. The summed E-state index contributed by atoms with van der Waals surface area (Å²) in [6, 6.07) is 4.69. The number of methoxy groups -OCH3 is 1. The van der Waals surface area contributed by atoms with Crippen molar-refractivity contribution in [2.24, 2.45) is 22.9 Å². The summed E-state index contributed by atoms with van der Waals surface area (Å²) < 4.78 is 24.6. The Kier molecular flexibility index (Phi) is 13.1. The minimum absolute atomic E-state index is 0.0543. The number of unbranched alkanes of at least 4 members (excludes halogenated alkanes) is 2. The number of rotatable bonds is 16. The molecule has 6 atom stereocenters. The molecule has 4 rings (SSSR count). The van der Waals surface area contributed by atoms with Crippen molar-refractivity contribution in [1.82, 2.24) is 10.2 Å². The van der Waals surface area contributed by atoms with Gasteiger partial charge in [-0.15, -0.1) is 6.58 Å². The van der Waals surface area contributed by atoms with Crippen LogP contribution >= 0.6 is 0 Å². The predicted molar refractivity (Wildman–Crippen MR) is 176 cm³/mol. The highest BCUT2D eigenvalue weighted by atomic mass is 16.7. The monoisotopic (exact) mass is 657 g/mol. The molecule has 1 saturated carbocycles. The zero-order valence-electron chi connectivity index (χ0n) is 28.1. The standard InChI is InChI=1S/C35H51N3O9/c1-6-19-44-35-30(38(4)34(42)43-5)22-28(37-45-8-3)26-20-23(13-9-11-17-39)25(14-10-12-18-40)31(32(26)35)27-21-24(15-16-29(27)47-35)46-33(41)36-7-2/h6,15-16,20-21,23,25,30-32,39-40H,1,7-14,17-19,22H2,2-5H3,(H,36,41). The lowest BCUT2D eigenvalue weighted by Gasteiger charge is -2.59. The van der Waals surface area contributed by atoms with Gasteiger partial charge in [0.05, 0.1) is 25.3 Å². The number of hydrogen-bond donors (Lipinski definition) is 3. The van der Waals surface area contributed by atoms with E-state index < -0.39 is 29.9 Å². The normalized spacial score (nSPS) is 26.6. The maximum atomic E-state index is 13.1. The SMILES string of the molecule is C=CCOC12Oc3ccc(OC(=O)NCC)cc3C3C(CCCCO)C(CCCCO)C=C(C(=NOCC)CC1N(C)C(=O)OC)C32. The van der Waals surface area contributed by atoms with E-state index in [1.807, 2.05) is 19.9 Å². The summed E-state index contributed by atoms with van der Waals surface area (Å²) in [6.07, 6.45) is 7.68. The van der Waals surface area contributed by atoms with Crippen molar-refractivity contribution in [1.29, 1.82) is 0 Å². The first kappa shape index (κ1) is 36.2. The molecule has 0 radical (unpaired) electrons. The van der Waals surface area contributed by atoms with Gasteiger partial charge in [-0.3, -0.25) is 0 Å². The van der Waals surface area contributed by atoms with E-state index in [1.165, 1.54) is 12.0 Å². The number of nitrogens with zero attached hydrogens (tertiary/aromatic N) is 2. The molecule has 6 unspecified atom stereocenters. The van der Waals surface area contributed by atoms with Crippen LogP contribution in [-0.2, 0) is 14.3 Å². The topological polar surface area (TPSA) is 148 Å². The molecule has 1 aromatic rings. The molecule has 47 heavy (non-hydrogen) atoms. The molecule has 2 amide bonds. The third kappa shape index (κ3) is 7.76. The first-order chi connectivity index (χ1) is 22.8. The predicted octanol–water partition coefficient (Wildman–Crippen LogP) is 5.15. The molecule has 1 aliphatic heterocycles. The van der Waals surface area contributed by atoms with Crippen LogP contribution in [0.25, 0.3) is 0 Å². The Balaban J connectivity index is 2.00. The van der Waals surface area contributed by atoms with Crippen LogP contribution in [0.15, 0.2) is 47.7 Å².